The number of primary amides is 1. The van der Waals surface area contributed by atoms with Gasteiger partial charge in [-0.25, -0.2) is 9.97 Å². The fraction of sp³-hybridized carbons (Fsp3) is 0.321. The van der Waals surface area contributed by atoms with Crippen LogP contribution in [0.15, 0.2) is 41.7 Å². The molecule has 4 aromatic rings. The molecule has 0 radical (unpaired) electrons. The number of halogens is 1. The fourth-order valence-electron chi connectivity index (χ4n) is 4.91. The number of pyridine rings is 1. The molecule has 0 saturated carbocycles. The van der Waals surface area contributed by atoms with Crippen molar-refractivity contribution in [3.63, 3.8) is 0 Å². The molecule has 1 saturated heterocycles. The summed E-state index contributed by atoms with van der Waals surface area (Å²) in [4.78, 5) is 49.5. The molecule has 1 aliphatic heterocycles. The average Bonchev–Trinajstić information content (AvgIpc) is 3.32. The van der Waals surface area contributed by atoms with Crippen molar-refractivity contribution < 1.29 is 24.2 Å². The maximum absolute atomic E-state index is 13.3. The molecule has 220 valence electrons. The summed E-state index contributed by atoms with van der Waals surface area (Å²) >= 11 is 6.38. The van der Waals surface area contributed by atoms with Crippen molar-refractivity contribution in [3.8, 4) is 22.6 Å². The Labute approximate surface area is 245 Å². The summed E-state index contributed by atoms with van der Waals surface area (Å²) in [5.74, 6) is -1.01. The van der Waals surface area contributed by atoms with Crippen molar-refractivity contribution in [1.29, 1.82) is 0 Å². The molecule has 13 nitrogen and oxygen atoms in total. The number of morpholine rings is 1. The Morgan fingerprint density at radius 1 is 1.29 bits per heavy atom. The Hall–Kier alpha value is -4.62. The van der Waals surface area contributed by atoms with Crippen molar-refractivity contribution in [3.05, 3.63) is 57.9 Å². The second-order valence-electron chi connectivity index (χ2n) is 9.89. The smallest absolute Gasteiger partial charge is 0.263 e. The maximum Gasteiger partial charge on any atom is 0.263 e. The standard InChI is InChI=1S/C28H30ClN7O6/c1-4-42-21-8-16(7-17(25(21)38)26(30)39)18-11-35(27-24(18)28(40)34(3)14-32-27)12-23(37)33-20-9-22(31-10-19(20)29)36-5-6-41-13-15(36)2/h7-11,14-15,38H,4-6,12-13H2,1-3H3,(H2,30,39)(H,31,33,37). The number of aryl methyl sites for hydroxylation is 1. The first kappa shape index (κ1) is 28.9. The van der Waals surface area contributed by atoms with Crippen LogP contribution in [0.3, 0.4) is 0 Å². The summed E-state index contributed by atoms with van der Waals surface area (Å²) in [5.41, 5.74) is 6.34. The number of ether oxygens (including phenoxy) is 2. The van der Waals surface area contributed by atoms with Crippen LogP contribution in [0.2, 0.25) is 5.02 Å². The van der Waals surface area contributed by atoms with Gasteiger partial charge in [0.25, 0.3) is 11.5 Å². The van der Waals surface area contributed by atoms with Crippen LogP contribution >= 0.6 is 11.6 Å². The second kappa shape index (κ2) is 11.7. The molecular weight excluding hydrogens is 566 g/mol. The van der Waals surface area contributed by atoms with Crippen LogP contribution in [-0.2, 0) is 23.1 Å². The summed E-state index contributed by atoms with van der Waals surface area (Å²) in [5, 5.41) is 13.8. The summed E-state index contributed by atoms with van der Waals surface area (Å²) in [6, 6.07) is 4.69. The van der Waals surface area contributed by atoms with Gasteiger partial charge in [0.2, 0.25) is 5.91 Å². The Bertz CT molecular complexity index is 1750. The minimum atomic E-state index is -0.871. The Morgan fingerprint density at radius 3 is 2.79 bits per heavy atom. The number of nitrogens with zero attached hydrogens (tertiary/aromatic N) is 5. The lowest BCUT2D eigenvalue weighted by molar-refractivity contribution is -0.116. The quantitative estimate of drug-likeness (QED) is 0.277. The minimum absolute atomic E-state index is 0.0286. The van der Waals surface area contributed by atoms with Crippen LogP contribution in [0, 0.1) is 0 Å². The maximum atomic E-state index is 13.3. The highest BCUT2D eigenvalue weighted by atomic mass is 35.5. The highest BCUT2D eigenvalue weighted by Crippen LogP contribution is 2.38. The molecule has 42 heavy (non-hydrogen) atoms. The third-order valence-electron chi connectivity index (χ3n) is 6.98. The number of nitrogens with one attached hydrogen (secondary N) is 1. The number of carbonyl (C=O) groups excluding carboxylic acids is 2. The van der Waals surface area contributed by atoms with E-state index in [4.69, 9.17) is 26.8 Å². The molecule has 0 spiro atoms. The van der Waals surface area contributed by atoms with Gasteiger partial charge < -0.3 is 39.7 Å². The van der Waals surface area contributed by atoms with Crippen molar-refractivity contribution in [2.75, 3.05) is 36.6 Å². The lowest BCUT2D eigenvalue weighted by atomic mass is 10.0. The molecule has 1 atom stereocenters. The number of hydrogen-bond donors (Lipinski definition) is 3. The van der Waals surface area contributed by atoms with Gasteiger partial charge in [0, 0.05) is 31.4 Å². The SMILES string of the molecule is CCOc1cc(-c2cn(CC(=O)Nc3cc(N4CCOCC4C)ncc3Cl)c3ncn(C)c(=O)c23)cc(C(N)=O)c1O. The molecule has 1 unspecified atom stereocenters. The predicted octanol–water partition coefficient (Wildman–Crippen LogP) is 2.52. The zero-order valence-electron chi connectivity index (χ0n) is 23.3. The van der Waals surface area contributed by atoms with Gasteiger partial charge in [0.15, 0.2) is 11.5 Å². The van der Waals surface area contributed by atoms with Gasteiger partial charge in [-0.15, -0.1) is 0 Å². The van der Waals surface area contributed by atoms with Crippen LogP contribution in [-0.4, -0.2) is 68.4 Å². The lowest BCUT2D eigenvalue weighted by Gasteiger charge is -2.34. The highest BCUT2D eigenvalue weighted by molar-refractivity contribution is 6.33. The average molecular weight is 596 g/mol. The summed E-state index contributed by atoms with van der Waals surface area (Å²) < 4.78 is 13.8. The number of hydrogen-bond acceptors (Lipinski definition) is 9. The third-order valence-corrected chi connectivity index (χ3v) is 7.28. The van der Waals surface area contributed by atoms with Gasteiger partial charge in [-0.05, 0) is 31.5 Å². The van der Waals surface area contributed by atoms with E-state index < -0.39 is 17.6 Å². The molecule has 1 aliphatic rings. The van der Waals surface area contributed by atoms with E-state index in [1.54, 1.807) is 26.2 Å². The first-order valence-electron chi connectivity index (χ1n) is 13.2. The second-order valence-corrected chi connectivity index (χ2v) is 10.3. The summed E-state index contributed by atoms with van der Waals surface area (Å²) in [7, 11) is 1.55. The van der Waals surface area contributed by atoms with E-state index in [1.807, 2.05) is 6.92 Å². The monoisotopic (exact) mass is 595 g/mol. The third kappa shape index (κ3) is 5.48. The van der Waals surface area contributed by atoms with Crippen LogP contribution < -0.4 is 26.2 Å². The van der Waals surface area contributed by atoms with Gasteiger partial charge in [0.1, 0.15) is 18.0 Å². The fourth-order valence-corrected chi connectivity index (χ4v) is 5.06. The number of amides is 2. The topological polar surface area (TPSA) is 167 Å². The molecule has 0 bridgehead atoms. The van der Waals surface area contributed by atoms with E-state index in [0.717, 1.165) is 0 Å². The molecule has 14 heteroatoms. The van der Waals surface area contributed by atoms with E-state index >= 15 is 0 Å². The van der Waals surface area contributed by atoms with Crippen LogP contribution in [0.1, 0.15) is 24.2 Å². The molecule has 4 N–H and O–H groups in total. The Kier molecular flexibility index (Phi) is 8.05. The van der Waals surface area contributed by atoms with E-state index in [9.17, 15) is 19.5 Å². The van der Waals surface area contributed by atoms with Crippen LogP contribution in [0.5, 0.6) is 11.5 Å². The molecular formula is C28H30ClN7O6. The number of nitrogens with two attached hydrogens (primary N) is 1. The lowest BCUT2D eigenvalue weighted by Crippen LogP contribution is -2.44. The van der Waals surface area contributed by atoms with Gasteiger partial charge in [0.05, 0.1) is 60.0 Å². The first-order chi connectivity index (χ1) is 20.1. The van der Waals surface area contributed by atoms with Crippen LogP contribution in [0.25, 0.3) is 22.2 Å². The number of phenols is 1. The van der Waals surface area contributed by atoms with E-state index in [-0.39, 0.29) is 52.1 Å². The number of rotatable bonds is 8. The number of fused-ring (bicyclic) bond motifs is 1. The van der Waals surface area contributed by atoms with E-state index in [0.29, 0.717) is 42.4 Å². The number of aromatic nitrogens is 4. The molecule has 1 fully saturated rings. The molecule has 4 heterocycles. The zero-order chi connectivity index (χ0) is 30.1. The first-order valence-corrected chi connectivity index (χ1v) is 13.6. The molecule has 2 amide bonds. The Balaban J connectivity index is 1.52. The molecule has 1 aromatic carbocycles. The number of benzene rings is 1. The normalized spacial score (nSPS) is 15.1. The number of carbonyl (C=O) groups is 2. The van der Waals surface area contributed by atoms with Crippen molar-refractivity contribution >= 4 is 46.0 Å². The van der Waals surface area contributed by atoms with E-state index in [2.05, 4.69) is 20.2 Å². The minimum Gasteiger partial charge on any atom is -0.504 e. The number of anilines is 2. The van der Waals surface area contributed by atoms with Crippen molar-refractivity contribution in [2.24, 2.45) is 12.8 Å². The largest absolute Gasteiger partial charge is 0.504 e. The van der Waals surface area contributed by atoms with Gasteiger partial charge >= 0.3 is 0 Å². The predicted molar refractivity (Wildman–Crippen MR) is 157 cm³/mol. The molecule has 0 aliphatic carbocycles. The highest BCUT2D eigenvalue weighted by Gasteiger charge is 2.24. The van der Waals surface area contributed by atoms with Crippen molar-refractivity contribution in [1.82, 2.24) is 19.1 Å². The Morgan fingerprint density at radius 2 is 2.07 bits per heavy atom. The molecule has 5 rings (SSSR count). The van der Waals surface area contributed by atoms with Crippen molar-refractivity contribution in [2.45, 2.75) is 26.4 Å². The summed E-state index contributed by atoms with van der Waals surface area (Å²) in [6.45, 7) is 5.54. The van der Waals surface area contributed by atoms with Gasteiger partial charge in [-0.3, -0.25) is 14.4 Å². The number of aromatic hydroxyl groups is 1. The van der Waals surface area contributed by atoms with E-state index in [1.165, 1.54) is 33.8 Å². The van der Waals surface area contributed by atoms with Gasteiger partial charge in [-0.1, -0.05) is 11.6 Å². The van der Waals surface area contributed by atoms with Gasteiger partial charge in [-0.2, -0.15) is 0 Å². The van der Waals surface area contributed by atoms with Crippen LogP contribution in [0.4, 0.5) is 11.5 Å². The summed E-state index contributed by atoms with van der Waals surface area (Å²) in [6.07, 6.45) is 4.43. The zero-order valence-corrected chi connectivity index (χ0v) is 24.0. The molecule has 3 aromatic heterocycles.